The molecule has 4 aromatic rings. The Balaban J connectivity index is 1.56. The number of carbonyl (C=O) groups excluding carboxylic acids is 2. The number of ether oxygens (including phenoxy) is 1. The number of nitrogens with one attached hydrogen (secondary N) is 1. The van der Waals surface area contributed by atoms with Crippen molar-refractivity contribution in [2.75, 3.05) is 11.3 Å². The lowest BCUT2D eigenvalue weighted by Gasteiger charge is -2.08. The van der Waals surface area contributed by atoms with Crippen LogP contribution in [0.25, 0.3) is 10.2 Å². The van der Waals surface area contributed by atoms with Gasteiger partial charge in [0.25, 0.3) is 15.9 Å². The highest BCUT2D eigenvalue weighted by molar-refractivity contribution is 7.92. The Kier molecular flexibility index (Phi) is 6.86. The highest BCUT2D eigenvalue weighted by Gasteiger charge is 2.15. The lowest BCUT2D eigenvalue weighted by Crippen LogP contribution is -2.14. The molecule has 0 aliphatic carbocycles. The first kappa shape index (κ1) is 24.4. The van der Waals surface area contributed by atoms with Crippen LogP contribution in [-0.2, 0) is 21.8 Å². The number of hydrogen-bond acceptors (Lipinski definition) is 6. The lowest BCUT2D eigenvalue weighted by molar-refractivity contribution is 0.0526. The van der Waals surface area contributed by atoms with Crippen LogP contribution in [-0.4, -0.2) is 31.5 Å². The molecule has 0 unspecified atom stereocenters. The number of anilines is 1. The summed E-state index contributed by atoms with van der Waals surface area (Å²) in [6.07, 6.45) is 0. The van der Waals surface area contributed by atoms with Crippen molar-refractivity contribution in [1.82, 2.24) is 4.57 Å². The van der Waals surface area contributed by atoms with Gasteiger partial charge in [-0.2, -0.15) is 4.99 Å². The summed E-state index contributed by atoms with van der Waals surface area (Å²) in [6.45, 7) is 3.91. The Labute approximate surface area is 206 Å². The van der Waals surface area contributed by atoms with Gasteiger partial charge >= 0.3 is 5.97 Å². The average molecular weight is 510 g/mol. The summed E-state index contributed by atoms with van der Waals surface area (Å²) in [5, 5.41) is 0. The van der Waals surface area contributed by atoms with Crippen molar-refractivity contribution in [1.29, 1.82) is 0 Å². The van der Waals surface area contributed by atoms with Gasteiger partial charge in [-0.05, 0) is 68.4 Å². The Bertz CT molecular complexity index is 1580. The number of benzene rings is 3. The van der Waals surface area contributed by atoms with Gasteiger partial charge in [0.15, 0.2) is 4.80 Å². The first-order valence-electron chi connectivity index (χ1n) is 10.7. The molecule has 0 aliphatic rings. The Morgan fingerprint density at radius 3 is 2.31 bits per heavy atom. The van der Waals surface area contributed by atoms with Gasteiger partial charge in [0.05, 0.1) is 27.3 Å². The van der Waals surface area contributed by atoms with Crippen molar-refractivity contribution in [2.45, 2.75) is 18.7 Å². The molecule has 1 N–H and O–H groups in total. The van der Waals surface area contributed by atoms with Gasteiger partial charge in [-0.1, -0.05) is 29.0 Å². The summed E-state index contributed by atoms with van der Waals surface area (Å²) in [7, 11) is -1.95. The first-order valence-corrected chi connectivity index (χ1v) is 13.0. The van der Waals surface area contributed by atoms with Crippen LogP contribution in [0.4, 0.5) is 5.69 Å². The van der Waals surface area contributed by atoms with Crippen LogP contribution in [0.1, 0.15) is 33.2 Å². The third kappa shape index (κ3) is 5.33. The highest BCUT2D eigenvalue weighted by Crippen LogP contribution is 2.20. The minimum atomic E-state index is -3.74. The number of thiazole rings is 1. The van der Waals surface area contributed by atoms with Crippen LogP contribution in [0.3, 0.4) is 0 Å². The lowest BCUT2D eigenvalue weighted by atomic mass is 10.2. The molecule has 0 saturated heterocycles. The molecule has 180 valence electrons. The van der Waals surface area contributed by atoms with Crippen molar-refractivity contribution in [2.24, 2.45) is 12.0 Å². The zero-order chi connectivity index (χ0) is 25.2. The van der Waals surface area contributed by atoms with E-state index in [9.17, 15) is 18.0 Å². The summed E-state index contributed by atoms with van der Waals surface area (Å²) in [5.41, 5.74) is 2.87. The smallest absolute Gasteiger partial charge is 0.338 e. The van der Waals surface area contributed by atoms with E-state index in [1.165, 1.54) is 47.7 Å². The standard InChI is InChI=1S/C25H23N3O5S2/c1-4-33-24(30)18-9-14-21-22(15-18)34-25(28(21)3)26-23(29)17-7-10-19(11-8-17)27-35(31,32)20-12-5-16(2)6-13-20/h5-15,27H,4H2,1-3H3. The maximum absolute atomic E-state index is 12.8. The molecule has 1 aromatic heterocycles. The number of sulfonamides is 1. The average Bonchev–Trinajstić information content (AvgIpc) is 3.14. The van der Waals surface area contributed by atoms with E-state index in [0.717, 1.165) is 15.8 Å². The molecular formula is C25H23N3O5S2. The highest BCUT2D eigenvalue weighted by atomic mass is 32.2. The van der Waals surface area contributed by atoms with E-state index in [2.05, 4.69) is 9.71 Å². The zero-order valence-corrected chi connectivity index (χ0v) is 20.9. The van der Waals surface area contributed by atoms with Crippen molar-refractivity contribution in [3.05, 3.63) is 88.2 Å². The fourth-order valence-corrected chi connectivity index (χ4v) is 5.46. The van der Waals surface area contributed by atoms with Gasteiger partial charge in [-0.3, -0.25) is 9.52 Å². The van der Waals surface area contributed by atoms with Gasteiger partial charge in [-0.25, -0.2) is 13.2 Å². The topological polar surface area (TPSA) is 107 Å². The van der Waals surface area contributed by atoms with Crippen LogP contribution >= 0.6 is 11.3 Å². The number of nitrogens with zero attached hydrogens (tertiary/aromatic N) is 2. The van der Waals surface area contributed by atoms with Gasteiger partial charge in [0, 0.05) is 18.3 Å². The Morgan fingerprint density at radius 1 is 1.00 bits per heavy atom. The maximum Gasteiger partial charge on any atom is 0.338 e. The van der Waals surface area contributed by atoms with Gasteiger partial charge in [-0.15, -0.1) is 0 Å². The summed E-state index contributed by atoms with van der Waals surface area (Å²) >= 11 is 1.28. The molecular weight excluding hydrogens is 486 g/mol. The SMILES string of the molecule is CCOC(=O)c1ccc2c(c1)sc(=NC(=O)c1ccc(NS(=O)(=O)c3ccc(C)cc3)cc1)n2C. The fourth-order valence-electron chi connectivity index (χ4n) is 3.35. The summed E-state index contributed by atoms with van der Waals surface area (Å²) < 4.78 is 35.3. The molecule has 0 fully saturated rings. The summed E-state index contributed by atoms with van der Waals surface area (Å²) in [4.78, 5) is 29.6. The molecule has 0 bridgehead atoms. The van der Waals surface area contributed by atoms with Crippen molar-refractivity contribution < 1.29 is 22.7 Å². The Morgan fingerprint density at radius 2 is 1.66 bits per heavy atom. The van der Waals surface area contributed by atoms with Crippen molar-refractivity contribution in [3.8, 4) is 0 Å². The van der Waals surface area contributed by atoms with E-state index in [0.29, 0.717) is 21.6 Å². The molecule has 0 aliphatic heterocycles. The minimum Gasteiger partial charge on any atom is -0.462 e. The number of carbonyl (C=O) groups is 2. The van der Waals surface area contributed by atoms with E-state index >= 15 is 0 Å². The molecule has 3 aromatic carbocycles. The quantitative estimate of drug-likeness (QED) is 0.391. The molecule has 4 rings (SSSR count). The van der Waals surface area contributed by atoms with E-state index in [-0.39, 0.29) is 11.5 Å². The number of aromatic nitrogens is 1. The molecule has 8 nitrogen and oxygen atoms in total. The molecule has 10 heteroatoms. The molecule has 0 spiro atoms. The third-order valence-corrected chi connectivity index (χ3v) is 7.72. The second kappa shape index (κ2) is 9.85. The number of rotatable bonds is 6. The Hall–Kier alpha value is -3.76. The summed E-state index contributed by atoms with van der Waals surface area (Å²) in [6, 6.07) is 17.8. The molecule has 0 atom stereocenters. The maximum atomic E-state index is 12.8. The van der Waals surface area contributed by atoms with E-state index in [4.69, 9.17) is 4.74 Å². The fraction of sp³-hybridized carbons (Fsp3) is 0.160. The van der Waals surface area contributed by atoms with Crippen molar-refractivity contribution in [3.63, 3.8) is 0 Å². The number of aryl methyl sites for hydroxylation is 2. The van der Waals surface area contributed by atoms with E-state index in [1.54, 1.807) is 48.9 Å². The predicted octanol–water partition coefficient (Wildman–Crippen LogP) is 4.27. The van der Waals surface area contributed by atoms with E-state index in [1.807, 2.05) is 6.92 Å². The molecule has 1 amide bonds. The minimum absolute atomic E-state index is 0.154. The van der Waals surface area contributed by atoms with Crippen LogP contribution in [0, 0.1) is 6.92 Å². The second-order valence-electron chi connectivity index (χ2n) is 7.76. The van der Waals surface area contributed by atoms with Gasteiger partial charge in [0.1, 0.15) is 0 Å². The van der Waals surface area contributed by atoms with Crippen LogP contribution < -0.4 is 9.52 Å². The number of esters is 1. The van der Waals surface area contributed by atoms with Crippen LogP contribution in [0.2, 0.25) is 0 Å². The van der Waals surface area contributed by atoms with Crippen molar-refractivity contribution >= 4 is 49.1 Å². The van der Waals surface area contributed by atoms with Gasteiger partial charge in [0.2, 0.25) is 0 Å². The number of fused-ring (bicyclic) bond motifs is 1. The second-order valence-corrected chi connectivity index (χ2v) is 10.5. The largest absolute Gasteiger partial charge is 0.462 e. The number of amides is 1. The van der Waals surface area contributed by atoms with Crippen LogP contribution in [0.5, 0.6) is 0 Å². The molecule has 0 radical (unpaired) electrons. The summed E-state index contributed by atoms with van der Waals surface area (Å²) in [5.74, 6) is -0.871. The van der Waals surface area contributed by atoms with E-state index < -0.39 is 21.9 Å². The number of hydrogen-bond donors (Lipinski definition) is 1. The molecule has 0 saturated carbocycles. The monoisotopic (exact) mass is 509 g/mol. The predicted molar refractivity (Wildman–Crippen MR) is 135 cm³/mol. The van der Waals surface area contributed by atoms with Gasteiger partial charge < -0.3 is 9.30 Å². The molecule has 1 heterocycles. The normalized spacial score (nSPS) is 12.0. The zero-order valence-electron chi connectivity index (χ0n) is 19.3. The van der Waals surface area contributed by atoms with Crippen LogP contribution in [0.15, 0.2) is 76.6 Å². The molecule has 35 heavy (non-hydrogen) atoms. The first-order chi connectivity index (χ1) is 16.7. The third-order valence-electron chi connectivity index (χ3n) is 5.23.